The van der Waals surface area contributed by atoms with Gasteiger partial charge in [0.2, 0.25) is 0 Å². The van der Waals surface area contributed by atoms with E-state index in [0.29, 0.717) is 11.5 Å². The Balaban J connectivity index is 1.87. The van der Waals surface area contributed by atoms with Crippen LogP contribution in [-0.4, -0.2) is 19.9 Å². The van der Waals surface area contributed by atoms with Crippen molar-refractivity contribution in [3.63, 3.8) is 0 Å². The molecule has 5 rings (SSSR count). The summed E-state index contributed by atoms with van der Waals surface area (Å²) in [5, 5.41) is 2.80. The molecule has 0 spiro atoms. The van der Waals surface area contributed by atoms with Crippen LogP contribution < -0.4 is 5.73 Å². The Morgan fingerprint density at radius 2 is 1.48 bits per heavy atom. The minimum Gasteiger partial charge on any atom is -0.383 e. The maximum Gasteiger partial charge on any atom is 0.160 e. The summed E-state index contributed by atoms with van der Waals surface area (Å²) in [4.78, 5) is 18.1. The Kier molecular flexibility index (Phi) is 3.50. The molecular formula is C22H15N5. The average molecular weight is 349 g/mol. The quantitative estimate of drug-likeness (QED) is 0.508. The summed E-state index contributed by atoms with van der Waals surface area (Å²) in [5.74, 6) is 0.496. The first kappa shape index (κ1) is 15.4. The van der Waals surface area contributed by atoms with E-state index in [-0.39, 0.29) is 0 Å². The molecule has 0 unspecified atom stereocenters. The van der Waals surface area contributed by atoms with Gasteiger partial charge in [0.05, 0.1) is 11.4 Å². The summed E-state index contributed by atoms with van der Waals surface area (Å²) >= 11 is 0. The molecule has 0 amide bonds. The summed E-state index contributed by atoms with van der Waals surface area (Å²) in [6.07, 6.45) is 5.23. The molecule has 5 heteroatoms. The van der Waals surface area contributed by atoms with Crippen LogP contribution in [0.15, 0.2) is 79.3 Å². The van der Waals surface area contributed by atoms with Crippen LogP contribution in [-0.2, 0) is 0 Å². The second-order valence-electron chi connectivity index (χ2n) is 6.25. The molecule has 0 radical (unpaired) electrons. The van der Waals surface area contributed by atoms with Crippen molar-refractivity contribution in [2.45, 2.75) is 0 Å². The number of nitrogens with two attached hydrogens (primary N) is 1. The molecule has 5 nitrogen and oxygen atoms in total. The predicted molar refractivity (Wildman–Crippen MR) is 108 cm³/mol. The maximum atomic E-state index is 6.07. The zero-order chi connectivity index (χ0) is 18.2. The van der Waals surface area contributed by atoms with E-state index in [2.05, 4.69) is 21.0 Å². The summed E-state index contributed by atoms with van der Waals surface area (Å²) in [6, 6.07) is 19.9. The number of hydrogen-bond acceptors (Lipinski definition) is 5. The number of benzene rings is 1. The van der Waals surface area contributed by atoms with Crippen LogP contribution in [0.2, 0.25) is 0 Å². The predicted octanol–water partition coefficient (Wildman–Crippen LogP) is 4.49. The molecule has 0 aliphatic heterocycles. The summed E-state index contributed by atoms with van der Waals surface area (Å²) in [6.45, 7) is 0. The van der Waals surface area contributed by atoms with E-state index in [9.17, 15) is 0 Å². The normalized spacial score (nSPS) is 11.1. The van der Waals surface area contributed by atoms with Gasteiger partial charge in [-0.1, -0.05) is 30.3 Å². The molecule has 128 valence electrons. The van der Waals surface area contributed by atoms with E-state index >= 15 is 0 Å². The van der Waals surface area contributed by atoms with E-state index in [1.807, 2.05) is 54.6 Å². The van der Waals surface area contributed by atoms with Crippen molar-refractivity contribution in [1.82, 2.24) is 19.9 Å². The highest BCUT2D eigenvalue weighted by molar-refractivity contribution is 6.05. The SMILES string of the molecule is Nc1nccc2c(-c3cc(-c4ccccc4)nc4ncccc34)nccc12. The van der Waals surface area contributed by atoms with Gasteiger partial charge in [0.25, 0.3) is 0 Å². The second kappa shape index (κ2) is 6.14. The zero-order valence-electron chi connectivity index (χ0n) is 14.4. The molecule has 0 aliphatic rings. The van der Waals surface area contributed by atoms with Gasteiger partial charge in [-0.25, -0.2) is 15.0 Å². The van der Waals surface area contributed by atoms with E-state index in [1.54, 1.807) is 18.6 Å². The molecule has 4 aromatic heterocycles. The van der Waals surface area contributed by atoms with Crippen LogP contribution >= 0.6 is 0 Å². The summed E-state index contributed by atoms with van der Waals surface area (Å²) < 4.78 is 0. The molecule has 0 fully saturated rings. The molecule has 4 heterocycles. The van der Waals surface area contributed by atoms with Gasteiger partial charge in [-0.05, 0) is 30.3 Å². The van der Waals surface area contributed by atoms with Gasteiger partial charge < -0.3 is 5.73 Å². The van der Waals surface area contributed by atoms with E-state index < -0.39 is 0 Å². The first-order chi connectivity index (χ1) is 13.3. The van der Waals surface area contributed by atoms with Crippen molar-refractivity contribution >= 4 is 27.6 Å². The second-order valence-corrected chi connectivity index (χ2v) is 6.25. The van der Waals surface area contributed by atoms with Crippen LogP contribution in [0.25, 0.3) is 44.3 Å². The number of hydrogen-bond donors (Lipinski definition) is 1. The number of fused-ring (bicyclic) bond motifs is 2. The van der Waals surface area contributed by atoms with Crippen LogP contribution in [0.3, 0.4) is 0 Å². The lowest BCUT2D eigenvalue weighted by molar-refractivity contribution is 1.28. The van der Waals surface area contributed by atoms with E-state index in [0.717, 1.165) is 38.7 Å². The first-order valence-corrected chi connectivity index (χ1v) is 8.62. The first-order valence-electron chi connectivity index (χ1n) is 8.62. The number of aromatic nitrogens is 4. The molecule has 5 aromatic rings. The lowest BCUT2D eigenvalue weighted by Crippen LogP contribution is -1.96. The molecule has 2 N–H and O–H groups in total. The summed E-state index contributed by atoms with van der Waals surface area (Å²) in [7, 11) is 0. The third-order valence-electron chi connectivity index (χ3n) is 4.63. The smallest absolute Gasteiger partial charge is 0.160 e. The summed E-state index contributed by atoms with van der Waals surface area (Å²) in [5.41, 5.74) is 10.5. The van der Waals surface area contributed by atoms with Crippen LogP contribution in [0.1, 0.15) is 0 Å². The van der Waals surface area contributed by atoms with Crippen molar-refractivity contribution in [2.24, 2.45) is 0 Å². The Bertz CT molecular complexity index is 1280. The molecule has 0 saturated carbocycles. The number of nitrogen functional groups attached to an aromatic ring is 1. The fourth-order valence-corrected chi connectivity index (χ4v) is 3.35. The van der Waals surface area contributed by atoms with Gasteiger partial charge in [0.15, 0.2) is 5.65 Å². The minimum absolute atomic E-state index is 0.496. The Morgan fingerprint density at radius 3 is 2.37 bits per heavy atom. The van der Waals surface area contributed by atoms with Crippen LogP contribution in [0.5, 0.6) is 0 Å². The Morgan fingerprint density at radius 1 is 0.667 bits per heavy atom. The van der Waals surface area contributed by atoms with E-state index in [1.165, 1.54) is 0 Å². The molecule has 0 bridgehead atoms. The number of pyridine rings is 4. The lowest BCUT2D eigenvalue weighted by Gasteiger charge is -2.11. The highest BCUT2D eigenvalue weighted by atomic mass is 14.9. The van der Waals surface area contributed by atoms with Gasteiger partial charge in [0, 0.05) is 45.9 Å². The molecule has 0 atom stereocenters. The average Bonchev–Trinajstić information content (AvgIpc) is 2.74. The third-order valence-corrected chi connectivity index (χ3v) is 4.63. The number of nitrogens with zero attached hydrogens (tertiary/aromatic N) is 4. The Labute approximate surface area is 155 Å². The van der Waals surface area contributed by atoms with Gasteiger partial charge in [-0.15, -0.1) is 0 Å². The lowest BCUT2D eigenvalue weighted by atomic mass is 10.00. The molecule has 27 heavy (non-hydrogen) atoms. The van der Waals surface area contributed by atoms with Gasteiger partial charge >= 0.3 is 0 Å². The zero-order valence-corrected chi connectivity index (χ0v) is 14.4. The minimum atomic E-state index is 0.496. The van der Waals surface area contributed by atoms with Crippen molar-refractivity contribution in [1.29, 1.82) is 0 Å². The Hall–Kier alpha value is -3.86. The fraction of sp³-hybridized carbons (Fsp3) is 0. The van der Waals surface area contributed by atoms with Crippen molar-refractivity contribution < 1.29 is 0 Å². The van der Waals surface area contributed by atoms with Crippen molar-refractivity contribution in [3.8, 4) is 22.5 Å². The molecule has 0 saturated heterocycles. The van der Waals surface area contributed by atoms with Gasteiger partial charge in [-0.3, -0.25) is 4.98 Å². The highest BCUT2D eigenvalue weighted by Crippen LogP contribution is 2.34. The topological polar surface area (TPSA) is 77.6 Å². The van der Waals surface area contributed by atoms with Crippen LogP contribution in [0.4, 0.5) is 5.82 Å². The van der Waals surface area contributed by atoms with Gasteiger partial charge in [0.1, 0.15) is 5.82 Å². The monoisotopic (exact) mass is 349 g/mol. The molecule has 1 aromatic carbocycles. The molecule has 0 aliphatic carbocycles. The van der Waals surface area contributed by atoms with Crippen molar-refractivity contribution in [2.75, 3.05) is 5.73 Å². The number of rotatable bonds is 2. The molecular weight excluding hydrogens is 334 g/mol. The van der Waals surface area contributed by atoms with Crippen LogP contribution in [0, 0.1) is 0 Å². The fourth-order valence-electron chi connectivity index (χ4n) is 3.35. The number of anilines is 1. The largest absolute Gasteiger partial charge is 0.383 e. The van der Waals surface area contributed by atoms with Crippen molar-refractivity contribution in [3.05, 3.63) is 79.3 Å². The van der Waals surface area contributed by atoms with E-state index in [4.69, 9.17) is 10.7 Å². The highest BCUT2D eigenvalue weighted by Gasteiger charge is 2.14. The third kappa shape index (κ3) is 2.57. The van der Waals surface area contributed by atoms with Gasteiger partial charge in [-0.2, -0.15) is 0 Å². The standard InChI is InChI=1S/C22H15N5/c23-21-16-9-11-24-20(15(16)8-12-25-21)18-13-19(14-5-2-1-3-6-14)27-22-17(18)7-4-10-26-22/h1-13H,(H2,23,25). The maximum absolute atomic E-state index is 6.07.